The molecule has 1 saturated heterocycles. The first-order valence-electron chi connectivity index (χ1n) is 8.27. The maximum Gasteiger partial charge on any atom is 0.246 e. The van der Waals surface area contributed by atoms with Crippen molar-refractivity contribution < 1.29 is 8.42 Å². The van der Waals surface area contributed by atoms with Crippen LogP contribution in [0.5, 0.6) is 0 Å². The molecule has 9 heteroatoms. The number of hydrogen-bond donors (Lipinski definition) is 0. The highest BCUT2D eigenvalue weighted by molar-refractivity contribution is 7.98. The Hall–Kier alpha value is -1.61. The van der Waals surface area contributed by atoms with E-state index >= 15 is 0 Å². The first-order chi connectivity index (χ1) is 12.6. The van der Waals surface area contributed by atoms with Gasteiger partial charge in [0.25, 0.3) is 0 Å². The Morgan fingerprint density at radius 3 is 2.54 bits per heavy atom. The Labute approximate surface area is 161 Å². The second-order valence-corrected chi connectivity index (χ2v) is 9.36. The van der Waals surface area contributed by atoms with Crippen LogP contribution in [0, 0.1) is 0 Å². The van der Waals surface area contributed by atoms with Crippen LogP contribution in [0.2, 0.25) is 5.02 Å². The average Bonchev–Trinajstić information content (AvgIpc) is 3.31. The van der Waals surface area contributed by atoms with Gasteiger partial charge in [-0.15, -0.1) is 10.2 Å². The van der Waals surface area contributed by atoms with Crippen LogP contribution < -0.4 is 0 Å². The minimum atomic E-state index is -3.54. The summed E-state index contributed by atoms with van der Waals surface area (Å²) in [6.07, 6.45) is 3.59. The minimum Gasteiger partial charge on any atom is -0.276 e. The molecule has 0 aliphatic carbocycles. The van der Waals surface area contributed by atoms with Gasteiger partial charge in [0.1, 0.15) is 4.90 Å². The lowest BCUT2D eigenvalue weighted by molar-refractivity contribution is 0.478. The molecule has 0 atom stereocenters. The highest BCUT2D eigenvalue weighted by Crippen LogP contribution is 2.27. The lowest BCUT2D eigenvalue weighted by Crippen LogP contribution is -2.28. The zero-order valence-electron chi connectivity index (χ0n) is 13.9. The van der Waals surface area contributed by atoms with Crippen LogP contribution >= 0.6 is 23.4 Å². The van der Waals surface area contributed by atoms with Crippen molar-refractivity contribution in [3.05, 3.63) is 53.2 Å². The molecule has 1 aromatic carbocycles. The number of benzene rings is 1. The van der Waals surface area contributed by atoms with E-state index in [9.17, 15) is 8.42 Å². The molecule has 0 amide bonds. The van der Waals surface area contributed by atoms with E-state index in [2.05, 4.69) is 10.2 Å². The SMILES string of the molecule is O=S(=O)(c1cccn2c(SCc3ccc(Cl)cc3)nnc12)N1CCCC1. The number of aromatic nitrogens is 3. The molecule has 0 bridgehead atoms. The van der Waals surface area contributed by atoms with Gasteiger partial charge in [0.15, 0.2) is 10.8 Å². The van der Waals surface area contributed by atoms with E-state index in [1.165, 1.54) is 16.1 Å². The molecule has 6 nitrogen and oxygen atoms in total. The van der Waals surface area contributed by atoms with Crippen LogP contribution in [-0.4, -0.2) is 40.4 Å². The van der Waals surface area contributed by atoms with Crippen molar-refractivity contribution in [3.63, 3.8) is 0 Å². The summed E-state index contributed by atoms with van der Waals surface area (Å²) in [5.74, 6) is 0.696. The van der Waals surface area contributed by atoms with Crippen LogP contribution in [0.15, 0.2) is 52.6 Å². The predicted molar refractivity (Wildman–Crippen MR) is 102 cm³/mol. The smallest absolute Gasteiger partial charge is 0.246 e. The van der Waals surface area contributed by atoms with Crippen molar-refractivity contribution >= 4 is 39.0 Å². The summed E-state index contributed by atoms with van der Waals surface area (Å²) in [5, 5.41) is 9.70. The fourth-order valence-electron chi connectivity index (χ4n) is 2.97. The maximum atomic E-state index is 12.9. The Morgan fingerprint density at radius 2 is 1.81 bits per heavy atom. The molecule has 1 aliphatic rings. The molecule has 26 heavy (non-hydrogen) atoms. The molecule has 0 saturated carbocycles. The van der Waals surface area contributed by atoms with Crippen LogP contribution in [0.3, 0.4) is 0 Å². The van der Waals surface area contributed by atoms with Gasteiger partial charge in [0, 0.05) is 30.1 Å². The Morgan fingerprint density at radius 1 is 1.08 bits per heavy atom. The monoisotopic (exact) mass is 408 g/mol. The van der Waals surface area contributed by atoms with Gasteiger partial charge < -0.3 is 0 Å². The number of halogens is 1. The third-order valence-electron chi connectivity index (χ3n) is 4.33. The van der Waals surface area contributed by atoms with Gasteiger partial charge in [-0.1, -0.05) is 35.5 Å². The largest absolute Gasteiger partial charge is 0.276 e. The highest BCUT2D eigenvalue weighted by Gasteiger charge is 2.30. The average molecular weight is 409 g/mol. The number of fused-ring (bicyclic) bond motifs is 1. The molecule has 3 aromatic rings. The van der Waals surface area contributed by atoms with Gasteiger partial charge >= 0.3 is 0 Å². The van der Waals surface area contributed by atoms with Gasteiger partial charge in [0.05, 0.1) is 0 Å². The first kappa shape index (κ1) is 17.8. The summed E-state index contributed by atoms with van der Waals surface area (Å²) in [6, 6.07) is 10.9. The van der Waals surface area contributed by atoms with E-state index in [1.807, 2.05) is 24.3 Å². The topological polar surface area (TPSA) is 67.6 Å². The van der Waals surface area contributed by atoms with Crippen LogP contribution in [0.25, 0.3) is 5.65 Å². The molecule has 0 radical (unpaired) electrons. The molecule has 3 heterocycles. The fourth-order valence-corrected chi connectivity index (χ4v) is 5.60. The third kappa shape index (κ3) is 3.34. The zero-order chi connectivity index (χ0) is 18.1. The van der Waals surface area contributed by atoms with Crippen molar-refractivity contribution in [3.8, 4) is 0 Å². The maximum absolute atomic E-state index is 12.9. The van der Waals surface area contributed by atoms with Gasteiger partial charge in [-0.25, -0.2) is 8.42 Å². The minimum absolute atomic E-state index is 0.216. The Kier molecular flexibility index (Phi) is 4.92. The summed E-state index contributed by atoms with van der Waals surface area (Å²) in [4.78, 5) is 0.216. The van der Waals surface area contributed by atoms with Crippen molar-refractivity contribution in [2.24, 2.45) is 0 Å². The predicted octanol–water partition coefficient (Wildman–Crippen LogP) is 3.46. The summed E-state index contributed by atoms with van der Waals surface area (Å²) in [5.41, 5.74) is 1.48. The van der Waals surface area contributed by atoms with E-state index in [4.69, 9.17) is 11.6 Å². The highest BCUT2D eigenvalue weighted by atomic mass is 35.5. The van der Waals surface area contributed by atoms with Crippen LogP contribution in [0.1, 0.15) is 18.4 Å². The number of thioether (sulfide) groups is 1. The number of sulfonamides is 1. The molecule has 0 spiro atoms. The molecule has 1 aliphatic heterocycles. The van der Waals surface area contributed by atoms with Crippen LogP contribution in [0.4, 0.5) is 0 Å². The second-order valence-electron chi connectivity index (χ2n) is 6.07. The normalized spacial score (nSPS) is 15.7. The standard InChI is InChI=1S/C17H17ClN4O2S2/c18-14-7-5-13(6-8-14)12-25-17-20-19-16-15(4-3-11-22(16)17)26(23,24)21-9-1-2-10-21/h3-8,11H,1-2,9-10,12H2. The Balaban J connectivity index is 1.63. The van der Waals surface area contributed by atoms with E-state index in [0.29, 0.717) is 34.7 Å². The molecular weight excluding hydrogens is 392 g/mol. The number of pyridine rings is 1. The van der Waals surface area contributed by atoms with E-state index in [-0.39, 0.29) is 4.90 Å². The van der Waals surface area contributed by atoms with E-state index in [0.717, 1.165) is 18.4 Å². The molecule has 136 valence electrons. The van der Waals surface area contributed by atoms with Crippen LogP contribution in [-0.2, 0) is 15.8 Å². The molecule has 4 rings (SSSR count). The second kappa shape index (κ2) is 7.19. The molecule has 0 N–H and O–H groups in total. The van der Waals surface area contributed by atoms with Crippen molar-refractivity contribution in [1.82, 2.24) is 18.9 Å². The van der Waals surface area contributed by atoms with Crippen molar-refractivity contribution in [2.45, 2.75) is 28.6 Å². The molecule has 2 aromatic heterocycles. The van der Waals surface area contributed by atoms with Crippen molar-refractivity contribution in [1.29, 1.82) is 0 Å². The first-order valence-corrected chi connectivity index (χ1v) is 11.1. The summed E-state index contributed by atoms with van der Waals surface area (Å²) in [7, 11) is -3.54. The Bertz CT molecular complexity index is 1030. The van der Waals surface area contributed by atoms with Gasteiger partial charge in [-0.05, 0) is 42.7 Å². The van der Waals surface area contributed by atoms with E-state index < -0.39 is 10.0 Å². The quantitative estimate of drug-likeness (QED) is 0.605. The molecule has 1 fully saturated rings. The third-order valence-corrected chi connectivity index (χ3v) is 7.52. The fraction of sp³-hybridized carbons (Fsp3) is 0.294. The molecular formula is C17H17ClN4O2S2. The lowest BCUT2D eigenvalue weighted by atomic mass is 10.2. The zero-order valence-corrected chi connectivity index (χ0v) is 16.3. The number of rotatable bonds is 5. The van der Waals surface area contributed by atoms with E-state index in [1.54, 1.807) is 22.7 Å². The lowest BCUT2D eigenvalue weighted by Gasteiger charge is -2.15. The summed E-state index contributed by atoms with van der Waals surface area (Å²) < 4.78 is 29.1. The van der Waals surface area contributed by atoms with Gasteiger partial charge in [0.2, 0.25) is 10.0 Å². The van der Waals surface area contributed by atoms with Gasteiger partial charge in [-0.3, -0.25) is 4.40 Å². The number of hydrogen-bond acceptors (Lipinski definition) is 5. The number of nitrogens with zero attached hydrogens (tertiary/aromatic N) is 4. The molecule has 0 unspecified atom stereocenters. The summed E-state index contributed by atoms with van der Waals surface area (Å²) >= 11 is 7.41. The van der Waals surface area contributed by atoms with Gasteiger partial charge in [-0.2, -0.15) is 4.31 Å². The van der Waals surface area contributed by atoms with Crippen molar-refractivity contribution in [2.75, 3.05) is 13.1 Å². The summed E-state index contributed by atoms with van der Waals surface area (Å²) in [6.45, 7) is 1.13.